The number of methoxy groups -OCH3 is 1. The molecule has 0 radical (unpaired) electrons. The van der Waals surface area contributed by atoms with Crippen LogP contribution in [0, 0.1) is 11.8 Å². The summed E-state index contributed by atoms with van der Waals surface area (Å²) in [6.45, 7) is 3.06. The molecule has 3 aliphatic heterocycles. The number of hydrogen-bond acceptors (Lipinski definition) is 6. The number of aromatic nitrogens is 4. The van der Waals surface area contributed by atoms with Gasteiger partial charge in [0.05, 0.1) is 23.8 Å². The van der Waals surface area contributed by atoms with E-state index in [9.17, 15) is 9.59 Å². The summed E-state index contributed by atoms with van der Waals surface area (Å²) in [6.07, 6.45) is 10.6. The van der Waals surface area contributed by atoms with Gasteiger partial charge in [-0.2, -0.15) is 0 Å². The highest BCUT2D eigenvalue weighted by Gasteiger charge is 2.41. The Bertz CT molecular complexity index is 2130. The van der Waals surface area contributed by atoms with Gasteiger partial charge in [-0.25, -0.2) is 9.78 Å². The molecule has 3 atom stereocenters. The van der Waals surface area contributed by atoms with Crippen molar-refractivity contribution < 1.29 is 14.3 Å². The van der Waals surface area contributed by atoms with Crippen LogP contribution in [-0.4, -0.2) is 79.7 Å². The van der Waals surface area contributed by atoms with Crippen LogP contribution in [0.3, 0.4) is 0 Å². The first-order valence-corrected chi connectivity index (χ1v) is 18.6. The Morgan fingerprint density at radius 2 is 1.78 bits per heavy atom. The number of benzene rings is 2. The number of aryl methyl sites for hydroxylation is 1. The van der Waals surface area contributed by atoms with Gasteiger partial charge < -0.3 is 34.7 Å². The highest BCUT2D eigenvalue weighted by molar-refractivity contribution is 6.00. The third-order valence-electron chi connectivity index (χ3n) is 12.0. The van der Waals surface area contributed by atoms with Crippen LogP contribution in [0.1, 0.15) is 66.8 Å². The molecule has 0 unspecified atom stereocenters. The fourth-order valence-corrected chi connectivity index (χ4v) is 9.04. The Morgan fingerprint density at radius 1 is 0.980 bits per heavy atom. The number of nitrogens with two attached hydrogens (primary N) is 1. The zero-order valence-electron chi connectivity index (χ0n) is 29.4. The number of anilines is 1. The SMILES string of the molecule is COc1cc(C(=O)N2C[C@H]3CC[C@@H]2C[C@@H]3N)cc2nc(-c3cc4cccc(C5CCN(C(=O)Nc6ccncc6)CC5)c4n3CC3CC3)n(C)c12. The number of rotatable bonds is 7. The molecule has 5 fully saturated rings. The summed E-state index contributed by atoms with van der Waals surface area (Å²) in [5.41, 5.74) is 13.1. The Hall–Kier alpha value is -4.90. The van der Waals surface area contributed by atoms with E-state index in [1.165, 1.54) is 29.3 Å². The van der Waals surface area contributed by atoms with Crippen molar-refractivity contribution in [3.63, 3.8) is 0 Å². The lowest BCUT2D eigenvalue weighted by Gasteiger charge is -2.48. The average molecular weight is 687 g/mol. The van der Waals surface area contributed by atoms with E-state index in [1.807, 2.05) is 41.1 Å². The number of fused-ring (bicyclic) bond motifs is 5. The second-order valence-corrected chi connectivity index (χ2v) is 15.2. The summed E-state index contributed by atoms with van der Waals surface area (Å²) in [5.74, 6) is 2.91. The number of ether oxygens (including phenoxy) is 1. The molecule has 3 N–H and O–H groups in total. The Labute approximate surface area is 297 Å². The molecule has 3 saturated heterocycles. The fourth-order valence-electron chi connectivity index (χ4n) is 9.04. The maximum Gasteiger partial charge on any atom is 0.321 e. The van der Waals surface area contributed by atoms with Gasteiger partial charge in [-0.1, -0.05) is 18.2 Å². The maximum absolute atomic E-state index is 14.0. The lowest BCUT2D eigenvalue weighted by Crippen LogP contribution is -2.58. The molecule has 2 saturated carbocycles. The number of amides is 3. The summed E-state index contributed by atoms with van der Waals surface area (Å²) in [4.78, 5) is 40.3. The second kappa shape index (κ2) is 12.7. The third kappa shape index (κ3) is 5.71. The van der Waals surface area contributed by atoms with Gasteiger partial charge >= 0.3 is 6.03 Å². The van der Waals surface area contributed by atoms with Crippen LogP contribution in [0.2, 0.25) is 0 Å². The number of nitrogens with zero attached hydrogens (tertiary/aromatic N) is 6. The van der Waals surface area contributed by atoms with Crippen LogP contribution in [0.4, 0.5) is 10.5 Å². The van der Waals surface area contributed by atoms with E-state index in [4.69, 9.17) is 15.5 Å². The van der Waals surface area contributed by atoms with E-state index in [2.05, 4.69) is 43.7 Å². The van der Waals surface area contributed by atoms with Crippen molar-refractivity contribution in [3.05, 3.63) is 72.1 Å². The summed E-state index contributed by atoms with van der Waals surface area (Å²) in [7, 11) is 3.72. The Kier molecular flexibility index (Phi) is 7.98. The van der Waals surface area contributed by atoms with E-state index in [-0.39, 0.29) is 24.0 Å². The lowest BCUT2D eigenvalue weighted by atomic mass is 9.76. The number of urea groups is 1. The molecule has 5 aromatic rings. The highest BCUT2D eigenvalue weighted by atomic mass is 16.5. The van der Waals surface area contributed by atoms with Gasteiger partial charge in [0.25, 0.3) is 5.91 Å². The first-order valence-electron chi connectivity index (χ1n) is 18.6. The van der Waals surface area contributed by atoms with E-state index in [0.717, 1.165) is 73.4 Å². The van der Waals surface area contributed by atoms with Crippen LogP contribution in [0.15, 0.2) is 60.9 Å². The number of pyridine rings is 1. The monoisotopic (exact) mass is 686 g/mol. The molecule has 3 aromatic heterocycles. The number of likely N-dealkylation sites (tertiary alicyclic amines) is 1. The average Bonchev–Trinajstić information content (AvgIpc) is 3.83. The first kappa shape index (κ1) is 32.0. The number of carbonyl (C=O) groups is 2. The zero-order valence-corrected chi connectivity index (χ0v) is 29.4. The highest BCUT2D eigenvalue weighted by Crippen LogP contribution is 2.42. The van der Waals surface area contributed by atoms with Gasteiger partial charge in [0.15, 0.2) is 5.82 Å². The van der Waals surface area contributed by atoms with Crippen LogP contribution < -0.4 is 15.8 Å². The number of carbonyl (C=O) groups excluding carboxylic acids is 2. The summed E-state index contributed by atoms with van der Waals surface area (Å²) in [6, 6.07) is 16.7. The lowest BCUT2D eigenvalue weighted by molar-refractivity contribution is 0.0261. The van der Waals surface area contributed by atoms with Crippen molar-refractivity contribution in [2.24, 2.45) is 24.6 Å². The molecular formula is C40H46N8O3. The molecule has 11 heteroatoms. The number of hydrogen-bond donors (Lipinski definition) is 2. The first-order chi connectivity index (χ1) is 24.9. The third-order valence-corrected chi connectivity index (χ3v) is 12.0. The maximum atomic E-state index is 14.0. The van der Waals surface area contributed by atoms with Gasteiger partial charge in [-0.3, -0.25) is 9.78 Å². The van der Waals surface area contributed by atoms with E-state index < -0.39 is 0 Å². The van der Waals surface area contributed by atoms with Crippen molar-refractivity contribution in [2.45, 2.75) is 69.5 Å². The van der Waals surface area contributed by atoms with E-state index in [1.54, 1.807) is 19.5 Å². The second-order valence-electron chi connectivity index (χ2n) is 15.2. The zero-order chi connectivity index (χ0) is 34.8. The minimum absolute atomic E-state index is 0.0392. The van der Waals surface area contributed by atoms with E-state index >= 15 is 0 Å². The van der Waals surface area contributed by atoms with Crippen LogP contribution in [0.5, 0.6) is 5.75 Å². The van der Waals surface area contributed by atoms with Crippen molar-refractivity contribution in [3.8, 4) is 17.3 Å². The van der Waals surface area contributed by atoms with Crippen molar-refractivity contribution in [2.75, 3.05) is 32.1 Å². The Balaban J connectivity index is 1.05. The molecular weight excluding hydrogens is 640 g/mol. The summed E-state index contributed by atoms with van der Waals surface area (Å²) in [5, 5.41) is 4.22. The topological polar surface area (TPSA) is 124 Å². The largest absolute Gasteiger partial charge is 0.494 e. The van der Waals surface area contributed by atoms with Crippen LogP contribution in [0.25, 0.3) is 33.5 Å². The number of nitrogens with one attached hydrogen (secondary N) is 1. The molecule has 6 heterocycles. The van der Waals surface area contributed by atoms with Gasteiger partial charge in [0.2, 0.25) is 0 Å². The molecule has 264 valence electrons. The molecule has 2 aliphatic carbocycles. The minimum atomic E-state index is -0.0632. The summed E-state index contributed by atoms with van der Waals surface area (Å²) < 4.78 is 10.6. The van der Waals surface area contributed by atoms with Crippen molar-refractivity contribution >= 4 is 39.6 Å². The molecule has 0 spiro atoms. The molecule has 5 aliphatic rings. The predicted octanol–water partition coefficient (Wildman–Crippen LogP) is 6.37. The Morgan fingerprint density at radius 3 is 2.49 bits per heavy atom. The smallest absolute Gasteiger partial charge is 0.321 e. The van der Waals surface area contributed by atoms with Crippen molar-refractivity contribution in [1.29, 1.82) is 0 Å². The molecule has 2 bridgehead atoms. The molecule has 2 aromatic carbocycles. The molecule has 11 nitrogen and oxygen atoms in total. The normalized spacial score (nSPS) is 22.2. The minimum Gasteiger partial charge on any atom is -0.494 e. The number of imidazole rings is 1. The van der Waals surface area contributed by atoms with Crippen LogP contribution >= 0.6 is 0 Å². The quantitative estimate of drug-likeness (QED) is 0.205. The van der Waals surface area contributed by atoms with Gasteiger partial charge in [0, 0.05) is 74.3 Å². The predicted molar refractivity (Wildman–Crippen MR) is 198 cm³/mol. The van der Waals surface area contributed by atoms with E-state index in [0.29, 0.717) is 42.2 Å². The fraction of sp³-hybridized carbons (Fsp3) is 0.450. The molecule has 10 rings (SSSR count). The van der Waals surface area contributed by atoms with Gasteiger partial charge in [-0.15, -0.1) is 0 Å². The van der Waals surface area contributed by atoms with Gasteiger partial charge in [-0.05, 0) is 98.6 Å². The summed E-state index contributed by atoms with van der Waals surface area (Å²) >= 11 is 0. The van der Waals surface area contributed by atoms with Crippen molar-refractivity contribution in [1.82, 2.24) is 28.9 Å². The van der Waals surface area contributed by atoms with Gasteiger partial charge in [0.1, 0.15) is 11.3 Å². The number of piperidine rings is 3. The molecule has 3 amide bonds. The molecule has 51 heavy (non-hydrogen) atoms. The standard InChI is InChI=1S/C40H46N8O3/c1-45-37-33(18-28(20-35(37)51-2)39(49)47-23-27-8-9-30(47)21-32(27)41)44-38(45)34-19-26-4-3-5-31(36(26)48(34)22-24-6-7-24)25-12-16-46(17-13-25)40(50)43-29-10-14-42-15-11-29/h3-5,10-11,14-15,18-20,24-25,27,30,32H,6-9,12-13,16-17,21-23,41H2,1-2H3,(H,42,43,50)/t27-,30-,32+/m1/s1. The van der Waals surface area contributed by atoms with Crippen LogP contribution in [-0.2, 0) is 13.6 Å². The number of para-hydroxylation sites is 1.